The summed E-state index contributed by atoms with van der Waals surface area (Å²) in [5, 5.41) is 5.05. The molecular formula is C29H29Cl2N3O4. The fraction of sp³-hybridized carbons (Fsp3) is 0.276. The summed E-state index contributed by atoms with van der Waals surface area (Å²) in [5.41, 5.74) is 7.22. The summed E-state index contributed by atoms with van der Waals surface area (Å²) in [6, 6.07) is 16.6. The summed E-state index contributed by atoms with van der Waals surface area (Å²) in [7, 11) is 0. The Kier molecular flexibility index (Phi) is 8.92. The van der Waals surface area contributed by atoms with Crippen molar-refractivity contribution in [3.8, 4) is 11.5 Å². The first-order valence-electron chi connectivity index (χ1n) is 12.3. The first kappa shape index (κ1) is 27.5. The van der Waals surface area contributed by atoms with Gasteiger partial charge in [0.2, 0.25) is 11.8 Å². The summed E-state index contributed by atoms with van der Waals surface area (Å²) in [6.07, 6.45) is 1.68. The van der Waals surface area contributed by atoms with Gasteiger partial charge in [-0.15, -0.1) is 0 Å². The third-order valence-electron chi connectivity index (χ3n) is 6.33. The number of benzene rings is 3. The van der Waals surface area contributed by atoms with E-state index in [0.717, 1.165) is 27.9 Å². The maximum absolute atomic E-state index is 12.7. The maximum atomic E-state index is 12.7. The van der Waals surface area contributed by atoms with Gasteiger partial charge < -0.3 is 14.4 Å². The number of carbonyl (C=O) groups is 2. The van der Waals surface area contributed by atoms with Crippen LogP contribution in [0, 0.1) is 19.8 Å². The number of carbonyl (C=O) groups excluding carboxylic acids is 2. The quantitative estimate of drug-likeness (QED) is 0.257. The maximum Gasteiger partial charge on any atom is 0.245 e. The minimum absolute atomic E-state index is 0.0739. The first-order valence-corrected chi connectivity index (χ1v) is 13.0. The number of aryl methyl sites for hydroxylation is 2. The number of ether oxygens (including phenoxy) is 2. The van der Waals surface area contributed by atoms with E-state index in [1.807, 2.05) is 51.1 Å². The van der Waals surface area contributed by atoms with Gasteiger partial charge in [-0.1, -0.05) is 35.3 Å². The largest absolute Gasteiger partial charge is 0.490 e. The van der Waals surface area contributed by atoms with E-state index in [0.29, 0.717) is 41.3 Å². The Hall–Kier alpha value is -3.55. The van der Waals surface area contributed by atoms with Crippen LogP contribution in [0.1, 0.15) is 35.6 Å². The second-order valence-corrected chi connectivity index (χ2v) is 9.90. The van der Waals surface area contributed by atoms with E-state index in [2.05, 4.69) is 10.5 Å². The van der Waals surface area contributed by atoms with E-state index in [4.69, 9.17) is 32.7 Å². The van der Waals surface area contributed by atoms with Gasteiger partial charge in [0.15, 0.2) is 11.5 Å². The lowest BCUT2D eigenvalue weighted by molar-refractivity contribution is -0.126. The molecule has 7 nitrogen and oxygen atoms in total. The number of anilines is 1. The molecule has 0 aromatic heterocycles. The van der Waals surface area contributed by atoms with Crippen LogP contribution >= 0.6 is 23.2 Å². The number of amides is 2. The van der Waals surface area contributed by atoms with E-state index < -0.39 is 5.92 Å². The number of hydrazone groups is 1. The standard InChI is InChI=1S/C29H29Cl2N3O4/c1-4-37-27-13-20(7-10-26(27)38-17-21-6-9-24(30)25(31)12-21)15-32-33-29(36)22-14-28(35)34(16-22)23-8-5-18(2)19(3)11-23/h5-13,15,22H,4,14,16-17H2,1-3H3,(H,33,36)/b32-15-/t22-/m1/s1. The second-order valence-electron chi connectivity index (χ2n) is 9.08. The van der Waals surface area contributed by atoms with Crippen molar-refractivity contribution in [2.75, 3.05) is 18.1 Å². The number of hydrogen-bond donors (Lipinski definition) is 1. The van der Waals surface area contributed by atoms with Gasteiger partial charge in [0.1, 0.15) is 6.61 Å². The molecular weight excluding hydrogens is 525 g/mol. The van der Waals surface area contributed by atoms with Crippen LogP contribution in [0.2, 0.25) is 10.0 Å². The van der Waals surface area contributed by atoms with E-state index in [-0.39, 0.29) is 18.2 Å². The Balaban J connectivity index is 1.36. The lowest BCUT2D eigenvalue weighted by atomic mass is 10.1. The molecule has 38 heavy (non-hydrogen) atoms. The number of rotatable bonds is 9. The van der Waals surface area contributed by atoms with Crippen LogP contribution in [0.4, 0.5) is 5.69 Å². The predicted octanol–water partition coefficient (Wildman–Crippen LogP) is 6.09. The second kappa shape index (κ2) is 12.3. The van der Waals surface area contributed by atoms with Crippen molar-refractivity contribution in [2.45, 2.75) is 33.8 Å². The fourth-order valence-electron chi connectivity index (χ4n) is 4.07. The van der Waals surface area contributed by atoms with E-state index >= 15 is 0 Å². The van der Waals surface area contributed by atoms with Crippen molar-refractivity contribution >= 4 is 46.9 Å². The molecule has 1 heterocycles. The van der Waals surface area contributed by atoms with Gasteiger partial charge in [0.25, 0.3) is 0 Å². The van der Waals surface area contributed by atoms with Crippen molar-refractivity contribution in [2.24, 2.45) is 11.0 Å². The Morgan fingerprint density at radius 1 is 1.03 bits per heavy atom. The average molecular weight is 554 g/mol. The minimum atomic E-state index is -0.475. The Labute approximate surface area is 232 Å². The highest BCUT2D eigenvalue weighted by Gasteiger charge is 2.35. The Morgan fingerprint density at radius 3 is 2.58 bits per heavy atom. The zero-order chi connectivity index (χ0) is 27.2. The van der Waals surface area contributed by atoms with Gasteiger partial charge >= 0.3 is 0 Å². The number of halogens is 2. The normalized spacial score (nSPS) is 15.2. The van der Waals surface area contributed by atoms with Gasteiger partial charge in [0.05, 0.1) is 28.8 Å². The van der Waals surface area contributed by atoms with E-state index in [9.17, 15) is 9.59 Å². The van der Waals surface area contributed by atoms with Crippen LogP contribution in [0.15, 0.2) is 59.7 Å². The first-order chi connectivity index (χ1) is 18.2. The zero-order valence-corrected chi connectivity index (χ0v) is 23.0. The molecule has 1 saturated heterocycles. The molecule has 1 aliphatic rings. The molecule has 9 heteroatoms. The summed E-state index contributed by atoms with van der Waals surface area (Å²) in [4.78, 5) is 26.9. The predicted molar refractivity (Wildman–Crippen MR) is 151 cm³/mol. The minimum Gasteiger partial charge on any atom is -0.490 e. The molecule has 0 saturated carbocycles. The fourth-order valence-corrected chi connectivity index (χ4v) is 4.39. The molecule has 0 unspecified atom stereocenters. The summed E-state index contributed by atoms with van der Waals surface area (Å²) in [5.74, 6) is 0.267. The van der Waals surface area contributed by atoms with Crippen LogP contribution in [0.25, 0.3) is 0 Å². The van der Waals surface area contributed by atoms with Gasteiger partial charge in [-0.05, 0) is 85.5 Å². The van der Waals surface area contributed by atoms with Crippen molar-refractivity contribution < 1.29 is 19.1 Å². The average Bonchev–Trinajstić information content (AvgIpc) is 3.29. The lowest BCUT2D eigenvalue weighted by Crippen LogP contribution is -2.30. The molecule has 0 spiro atoms. The monoisotopic (exact) mass is 553 g/mol. The molecule has 1 aliphatic heterocycles. The molecule has 0 radical (unpaired) electrons. The molecule has 0 bridgehead atoms. The van der Waals surface area contributed by atoms with Gasteiger partial charge in [-0.2, -0.15) is 5.10 Å². The molecule has 1 N–H and O–H groups in total. The topological polar surface area (TPSA) is 80.2 Å². The lowest BCUT2D eigenvalue weighted by Gasteiger charge is -2.17. The van der Waals surface area contributed by atoms with Crippen LogP contribution in [-0.2, 0) is 16.2 Å². The molecule has 198 valence electrons. The van der Waals surface area contributed by atoms with Crippen molar-refractivity contribution in [1.29, 1.82) is 0 Å². The summed E-state index contributed by atoms with van der Waals surface area (Å²) in [6.45, 7) is 6.97. The SMILES string of the molecule is CCOc1cc(/C=N\NC(=O)[C@@H]2CC(=O)N(c3ccc(C)c(C)c3)C2)ccc1OCc1ccc(Cl)c(Cl)c1. The van der Waals surface area contributed by atoms with E-state index in [1.165, 1.54) is 6.21 Å². The van der Waals surface area contributed by atoms with Crippen molar-refractivity contribution in [3.63, 3.8) is 0 Å². The molecule has 1 fully saturated rings. The third-order valence-corrected chi connectivity index (χ3v) is 7.07. The molecule has 2 amide bonds. The van der Waals surface area contributed by atoms with Gasteiger partial charge in [-0.25, -0.2) is 5.43 Å². The summed E-state index contributed by atoms with van der Waals surface area (Å²) >= 11 is 12.1. The smallest absolute Gasteiger partial charge is 0.245 e. The van der Waals surface area contributed by atoms with E-state index in [1.54, 1.807) is 29.2 Å². The van der Waals surface area contributed by atoms with Gasteiger partial charge in [-0.3, -0.25) is 9.59 Å². The van der Waals surface area contributed by atoms with Crippen molar-refractivity contribution in [3.05, 3.63) is 86.9 Å². The number of hydrogen-bond acceptors (Lipinski definition) is 5. The molecule has 1 atom stereocenters. The number of nitrogens with zero attached hydrogens (tertiary/aromatic N) is 2. The van der Waals surface area contributed by atoms with Crippen LogP contribution in [-0.4, -0.2) is 31.2 Å². The van der Waals surface area contributed by atoms with Crippen molar-refractivity contribution in [1.82, 2.24) is 5.43 Å². The number of nitrogens with one attached hydrogen (secondary N) is 1. The van der Waals surface area contributed by atoms with Gasteiger partial charge in [0, 0.05) is 18.7 Å². The van der Waals surface area contributed by atoms with Crippen LogP contribution in [0.5, 0.6) is 11.5 Å². The molecule has 0 aliphatic carbocycles. The highest BCUT2D eigenvalue weighted by molar-refractivity contribution is 6.42. The Bertz CT molecular complexity index is 1380. The molecule has 4 rings (SSSR count). The highest BCUT2D eigenvalue weighted by atomic mass is 35.5. The van der Waals surface area contributed by atoms with Crippen LogP contribution in [0.3, 0.4) is 0 Å². The highest BCUT2D eigenvalue weighted by Crippen LogP contribution is 2.30. The summed E-state index contributed by atoms with van der Waals surface area (Å²) < 4.78 is 11.7. The molecule has 3 aromatic carbocycles. The Morgan fingerprint density at radius 2 is 1.84 bits per heavy atom. The third kappa shape index (κ3) is 6.65. The zero-order valence-electron chi connectivity index (χ0n) is 21.5. The molecule has 3 aromatic rings. The van der Waals surface area contributed by atoms with Crippen LogP contribution < -0.4 is 19.8 Å².